The number of benzene rings is 1. The van der Waals surface area contributed by atoms with Crippen molar-refractivity contribution in [2.75, 3.05) is 13.1 Å². The third kappa shape index (κ3) is 4.63. The summed E-state index contributed by atoms with van der Waals surface area (Å²) >= 11 is 0. The van der Waals surface area contributed by atoms with Crippen LogP contribution >= 0.6 is 0 Å². The molecule has 0 heterocycles. The van der Waals surface area contributed by atoms with Crippen molar-refractivity contribution in [1.82, 2.24) is 10.6 Å². The molecule has 0 fully saturated rings. The Morgan fingerprint density at radius 3 is 2.53 bits per heavy atom. The second kappa shape index (κ2) is 6.62. The number of aromatic hydroxyl groups is 2. The maximum absolute atomic E-state index is 11.2. The highest BCUT2D eigenvalue weighted by Crippen LogP contribution is 2.24. The summed E-state index contributed by atoms with van der Waals surface area (Å²) in [5.74, 6) is -0.277. The van der Waals surface area contributed by atoms with E-state index >= 15 is 0 Å². The standard InChI is InChI=1S/C12H18N2O3/c1-2-6-13-12(17)14-7-5-9-3-4-10(15)11(16)8-9/h3-4,8,15-16H,2,5-7H2,1H3,(H2,13,14,17). The Bertz CT molecular complexity index is 380. The van der Waals surface area contributed by atoms with Crippen LogP contribution < -0.4 is 10.6 Å². The zero-order valence-corrected chi connectivity index (χ0v) is 9.86. The molecule has 17 heavy (non-hydrogen) atoms. The van der Waals surface area contributed by atoms with Crippen molar-refractivity contribution in [2.45, 2.75) is 19.8 Å². The minimum absolute atomic E-state index is 0.137. The predicted molar refractivity (Wildman–Crippen MR) is 65.2 cm³/mol. The van der Waals surface area contributed by atoms with Crippen molar-refractivity contribution in [3.8, 4) is 11.5 Å². The summed E-state index contributed by atoms with van der Waals surface area (Å²) in [4.78, 5) is 11.2. The molecule has 0 radical (unpaired) electrons. The number of nitrogens with one attached hydrogen (secondary N) is 2. The zero-order valence-electron chi connectivity index (χ0n) is 9.86. The molecule has 0 bridgehead atoms. The Labute approximate surface area is 100 Å². The molecule has 1 aromatic rings. The number of phenols is 2. The van der Waals surface area contributed by atoms with Crippen molar-refractivity contribution >= 4 is 6.03 Å². The fraction of sp³-hybridized carbons (Fsp3) is 0.417. The molecule has 5 heteroatoms. The van der Waals surface area contributed by atoms with E-state index in [9.17, 15) is 9.90 Å². The maximum Gasteiger partial charge on any atom is 0.314 e. The lowest BCUT2D eigenvalue weighted by molar-refractivity contribution is 0.241. The van der Waals surface area contributed by atoms with Gasteiger partial charge >= 0.3 is 6.03 Å². The van der Waals surface area contributed by atoms with Gasteiger partial charge in [0.15, 0.2) is 11.5 Å². The van der Waals surface area contributed by atoms with Gasteiger partial charge in [0.05, 0.1) is 0 Å². The molecule has 0 aliphatic carbocycles. The van der Waals surface area contributed by atoms with Gasteiger partial charge in [-0.1, -0.05) is 13.0 Å². The van der Waals surface area contributed by atoms with Gasteiger partial charge in [0.1, 0.15) is 0 Å². The predicted octanol–water partition coefficient (Wildman–Crippen LogP) is 1.35. The second-order valence-electron chi connectivity index (χ2n) is 3.76. The molecule has 0 saturated heterocycles. The third-order valence-corrected chi connectivity index (χ3v) is 2.27. The van der Waals surface area contributed by atoms with Crippen LogP contribution in [0, 0.1) is 0 Å². The van der Waals surface area contributed by atoms with E-state index in [-0.39, 0.29) is 17.5 Å². The van der Waals surface area contributed by atoms with Crippen molar-refractivity contribution in [3.05, 3.63) is 23.8 Å². The Morgan fingerprint density at radius 2 is 1.88 bits per heavy atom. The van der Waals surface area contributed by atoms with Crippen LogP contribution in [0.2, 0.25) is 0 Å². The van der Waals surface area contributed by atoms with Crippen molar-refractivity contribution < 1.29 is 15.0 Å². The van der Waals surface area contributed by atoms with Gasteiger partial charge in [-0.05, 0) is 30.5 Å². The smallest absolute Gasteiger partial charge is 0.314 e. The van der Waals surface area contributed by atoms with Crippen molar-refractivity contribution in [1.29, 1.82) is 0 Å². The molecule has 0 atom stereocenters. The first-order chi connectivity index (χ1) is 8.13. The lowest BCUT2D eigenvalue weighted by Gasteiger charge is -2.07. The van der Waals surface area contributed by atoms with Crippen molar-refractivity contribution in [2.24, 2.45) is 0 Å². The van der Waals surface area contributed by atoms with E-state index in [0.717, 1.165) is 12.0 Å². The van der Waals surface area contributed by atoms with Gasteiger partial charge in [-0.15, -0.1) is 0 Å². The minimum atomic E-state index is -0.185. The summed E-state index contributed by atoms with van der Waals surface area (Å²) in [7, 11) is 0. The van der Waals surface area contributed by atoms with Crippen LogP contribution in [0.4, 0.5) is 4.79 Å². The number of carbonyl (C=O) groups excluding carboxylic acids is 1. The van der Waals surface area contributed by atoms with Gasteiger partial charge in [-0.25, -0.2) is 4.79 Å². The Hall–Kier alpha value is -1.91. The largest absolute Gasteiger partial charge is 0.504 e. The molecule has 1 aromatic carbocycles. The Kier molecular flexibility index (Phi) is 5.13. The van der Waals surface area contributed by atoms with E-state index in [4.69, 9.17) is 5.11 Å². The highest BCUT2D eigenvalue weighted by atomic mass is 16.3. The summed E-state index contributed by atoms with van der Waals surface area (Å²) in [6.45, 7) is 3.13. The van der Waals surface area contributed by atoms with Crippen LogP contribution in [0.5, 0.6) is 11.5 Å². The van der Waals surface area contributed by atoms with Crippen LogP contribution in [0.25, 0.3) is 0 Å². The molecule has 94 valence electrons. The second-order valence-corrected chi connectivity index (χ2v) is 3.76. The maximum atomic E-state index is 11.2. The highest BCUT2D eigenvalue weighted by molar-refractivity contribution is 5.73. The van der Waals surface area contributed by atoms with Crippen LogP contribution in [0.15, 0.2) is 18.2 Å². The number of rotatable bonds is 5. The molecular formula is C12H18N2O3. The lowest BCUT2D eigenvalue weighted by Crippen LogP contribution is -2.36. The molecule has 0 saturated carbocycles. The average Bonchev–Trinajstić information content (AvgIpc) is 2.31. The van der Waals surface area contributed by atoms with E-state index in [1.54, 1.807) is 6.07 Å². The molecule has 0 aromatic heterocycles. The molecule has 1 rings (SSSR count). The normalized spacial score (nSPS) is 9.94. The zero-order chi connectivity index (χ0) is 12.7. The topological polar surface area (TPSA) is 81.6 Å². The minimum Gasteiger partial charge on any atom is -0.504 e. The van der Waals surface area contributed by atoms with E-state index in [1.807, 2.05) is 6.92 Å². The molecule has 0 aliphatic rings. The van der Waals surface area contributed by atoms with E-state index in [1.165, 1.54) is 12.1 Å². The lowest BCUT2D eigenvalue weighted by atomic mass is 10.1. The first-order valence-electron chi connectivity index (χ1n) is 5.66. The van der Waals surface area contributed by atoms with Crippen LogP contribution in [-0.2, 0) is 6.42 Å². The average molecular weight is 238 g/mol. The highest BCUT2D eigenvalue weighted by Gasteiger charge is 2.02. The third-order valence-electron chi connectivity index (χ3n) is 2.27. The molecule has 0 aliphatic heterocycles. The first kappa shape index (κ1) is 13.2. The van der Waals surface area contributed by atoms with Crippen LogP contribution in [-0.4, -0.2) is 29.3 Å². The Balaban J connectivity index is 2.30. The molecular weight excluding hydrogens is 220 g/mol. The van der Waals surface area contributed by atoms with Gasteiger partial charge in [-0.2, -0.15) is 0 Å². The van der Waals surface area contributed by atoms with Crippen LogP contribution in [0.1, 0.15) is 18.9 Å². The van der Waals surface area contributed by atoms with Crippen molar-refractivity contribution in [3.63, 3.8) is 0 Å². The quantitative estimate of drug-likeness (QED) is 0.584. The van der Waals surface area contributed by atoms with E-state index in [2.05, 4.69) is 10.6 Å². The fourth-order valence-electron chi connectivity index (χ4n) is 1.35. The number of hydrogen-bond donors (Lipinski definition) is 4. The number of urea groups is 1. The number of amides is 2. The van der Waals surface area contributed by atoms with E-state index < -0.39 is 0 Å². The summed E-state index contributed by atoms with van der Waals surface area (Å²) in [5.41, 5.74) is 0.857. The van der Waals surface area contributed by atoms with Gasteiger partial charge in [0, 0.05) is 13.1 Å². The fourth-order valence-corrected chi connectivity index (χ4v) is 1.35. The number of carbonyl (C=O) groups is 1. The molecule has 0 spiro atoms. The van der Waals surface area contributed by atoms with E-state index in [0.29, 0.717) is 19.5 Å². The summed E-state index contributed by atoms with van der Waals surface area (Å²) in [6, 6.07) is 4.44. The van der Waals surface area contributed by atoms with Gasteiger partial charge in [0.25, 0.3) is 0 Å². The number of hydrogen-bond acceptors (Lipinski definition) is 3. The summed E-state index contributed by atoms with van der Waals surface area (Å²) in [5, 5.41) is 23.8. The van der Waals surface area contributed by atoms with Gasteiger partial charge in [-0.3, -0.25) is 0 Å². The molecule has 4 N–H and O–H groups in total. The summed E-state index contributed by atoms with van der Waals surface area (Å²) in [6.07, 6.45) is 1.51. The monoisotopic (exact) mass is 238 g/mol. The molecule has 0 unspecified atom stereocenters. The van der Waals surface area contributed by atoms with Gasteiger partial charge in [0.2, 0.25) is 0 Å². The SMILES string of the molecule is CCCNC(=O)NCCc1ccc(O)c(O)c1. The molecule has 5 nitrogen and oxygen atoms in total. The first-order valence-corrected chi connectivity index (χ1v) is 5.66. The molecule has 2 amide bonds. The Morgan fingerprint density at radius 1 is 1.18 bits per heavy atom. The summed E-state index contributed by atoms with van der Waals surface area (Å²) < 4.78 is 0. The van der Waals surface area contributed by atoms with Crippen LogP contribution in [0.3, 0.4) is 0 Å². The number of phenolic OH excluding ortho intramolecular Hbond substituents is 2. The van der Waals surface area contributed by atoms with Gasteiger partial charge < -0.3 is 20.8 Å².